The number of aromatic nitrogens is 4. The number of hydrogen-bond donors (Lipinski definition) is 4. The molecule has 6 rings (SSSR count). The van der Waals surface area contributed by atoms with E-state index in [1.54, 1.807) is 31.1 Å². The van der Waals surface area contributed by atoms with Crippen LogP contribution in [0.2, 0.25) is 0 Å². The van der Waals surface area contributed by atoms with E-state index >= 15 is 0 Å². The molecule has 2 aliphatic rings. The molecule has 4 amide bonds. The van der Waals surface area contributed by atoms with Crippen LogP contribution in [0.4, 0.5) is 9.59 Å². The van der Waals surface area contributed by atoms with Gasteiger partial charge in [-0.05, 0) is 46.9 Å². The van der Waals surface area contributed by atoms with E-state index in [1.165, 1.54) is 23.4 Å². The molecule has 2 fully saturated rings. The van der Waals surface area contributed by atoms with Crippen molar-refractivity contribution in [2.75, 3.05) is 40.2 Å². The van der Waals surface area contributed by atoms with E-state index in [9.17, 15) is 27.6 Å². The zero-order chi connectivity index (χ0) is 41.9. The number of amides is 4. The van der Waals surface area contributed by atoms with E-state index in [1.807, 2.05) is 62.4 Å². The number of carbonyl (C=O) groups is 4. The van der Waals surface area contributed by atoms with Crippen LogP contribution < -0.4 is 10.6 Å². The molecule has 0 aliphatic carbocycles. The molecule has 0 radical (unpaired) electrons. The maximum absolute atomic E-state index is 13.8. The minimum absolute atomic E-state index is 0.00296. The van der Waals surface area contributed by atoms with Crippen LogP contribution in [0.15, 0.2) is 60.9 Å². The molecule has 4 unspecified atom stereocenters. The third-order valence-corrected chi connectivity index (χ3v) is 11.9. The van der Waals surface area contributed by atoms with Crippen molar-refractivity contribution < 1.29 is 37.1 Å². The highest BCUT2D eigenvalue weighted by Crippen LogP contribution is 2.34. The summed E-state index contributed by atoms with van der Waals surface area (Å²) in [6.45, 7) is 7.72. The Labute approximate surface area is 337 Å². The number of aromatic amines is 2. The van der Waals surface area contributed by atoms with Crippen molar-refractivity contribution in [1.29, 1.82) is 0 Å². The number of methoxy groups -OCH3 is 2. The van der Waals surface area contributed by atoms with Gasteiger partial charge in [0.1, 0.15) is 29.8 Å². The Morgan fingerprint density at radius 2 is 1.14 bits per heavy atom. The maximum Gasteiger partial charge on any atom is 0.407 e. The zero-order valence-electron chi connectivity index (χ0n) is 33.7. The lowest BCUT2D eigenvalue weighted by molar-refractivity contribution is -0.136. The van der Waals surface area contributed by atoms with Crippen LogP contribution in [0, 0.1) is 11.8 Å². The van der Waals surface area contributed by atoms with E-state index in [0.29, 0.717) is 23.9 Å². The fourth-order valence-corrected chi connectivity index (χ4v) is 8.12. The van der Waals surface area contributed by atoms with Crippen molar-refractivity contribution >= 4 is 34.0 Å². The number of sulfonamides is 1. The summed E-state index contributed by atoms with van der Waals surface area (Å²) in [5, 5.41) is 5.26. The van der Waals surface area contributed by atoms with Crippen molar-refractivity contribution in [3.8, 4) is 33.6 Å². The van der Waals surface area contributed by atoms with Crippen LogP contribution in [-0.4, -0.2) is 119 Å². The number of carbonyl (C=O) groups excluding carboxylic acids is 4. The monoisotopic (exact) mass is 817 g/mol. The summed E-state index contributed by atoms with van der Waals surface area (Å²) in [6.07, 6.45) is 4.69. The van der Waals surface area contributed by atoms with Gasteiger partial charge < -0.3 is 39.9 Å². The van der Waals surface area contributed by atoms with Gasteiger partial charge in [0.15, 0.2) is 0 Å². The largest absolute Gasteiger partial charge is 0.453 e. The van der Waals surface area contributed by atoms with Gasteiger partial charge in [0.2, 0.25) is 21.8 Å². The second-order valence-corrected chi connectivity index (χ2v) is 17.3. The minimum atomic E-state index is -3.64. The Balaban J connectivity index is 1.14. The molecule has 18 heteroatoms. The van der Waals surface area contributed by atoms with Gasteiger partial charge in [0, 0.05) is 13.1 Å². The van der Waals surface area contributed by atoms with Gasteiger partial charge in [0.25, 0.3) is 0 Å². The number of nitrogens with zero attached hydrogens (tertiary/aromatic N) is 5. The van der Waals surface area contributed by atoms with Gasteiger partial charge in [0.05, 0.1) is 57.0 Å². The van der Waals surface area contributed by atoms with Crippen LogP contribution in [0.3, 0.4) is 0 Å². The number of alkyl carbamates (subject to hydrolysis) is 2. The Morgan fingerprint density at radius 3 is 1.57 bits per heavy atom. The maximum atomic E-state index is 13.8. The van der Waals surface area contributed by atoms with Crippen LogP contribution >= 0.6 is 0 Å². The quantitative estimate of drug-likeness (QED) is 0.155. The minimum Gasteiger partial charge on any atom is -0.453 e. The molecule has 0 bridgehead atoms. The molecule has 310 valence electrons. The predicted octanol–water partition coefficient (Wildman–Crippen LogP) is 4.66. The number of hydrogen-bond acceptors (Lipinski definition) is 10. The van der Waals surface area contributed by atoms with E-state index in [4.69, 9.17) is 9.47 Å². The van der Waals surface area contributed by atoms with Crippen LogP contribution in [0.25, 0.3) is 33.6 Å². The average Bonchev–Trinajstić information content (AvgIpc) is 4.04. The molecular weight excluding hydrogens is 767 g/mol. The predicted molar refractivity (Wildman–Crippen MR) is 215 cm³/mol. The van der Waals surface area contributed by atoms with Crippen molar-refractivity contribution in [1.82, 2.24) is 44.7 Å². The van der Waals surface area contributed by atoms with Crippen LogP contribution in [0.5, 0.6) is 0 Å². The third-order valence-electron chi connectivity index (χ3n) is 10.7. The standard InChI is InChI=1S/C40H51N9O8S/c1-23(2)33(45-39(52)56-5)37(50)48-18-8-9-31(48)35-41-19-29(43-35)27-14-10-25(11-15-27)26-12-16-28(17-13-26)30-20-42-36(44-30)32-21-47(58(7,54)55)22-49(32)38(51)34(24(3)4)46-40(53)57-6/h10-17,19-20,23-24,31-34H,8-9,18,21-22H2,1-7H3,(H,41,43)(H,42,44)(H,45,52)(H,46,53). The summed E-state index contributed by atoms with van der Waals surface area (Å²) in [5.41, 5.74) is 5.25. The first kappa shape index (κ1) is 41.9. The van der Waals surface area contributed by atoms with Crippen LogP contribution in [-0.2, 0) is 29.1 Å². The SMILES string of the molecule is COC(=O)NC(C(=O)N1CCCC1c1ncc(-c2ccc(-c3ccc(-c4cnc(C5CN(S(C)(=O)=O)CN5C(=O)C(NC(=O)OC)C(C)C)[nH]4)cc3)cc2)[nH]1)C(C)C. The lowest BCUT2D eigenvalue weighted by Crippen LogP contribution is -2.51. The summed E-state index contributed by atoms with van der Waals surface area (Å²) < 4.78 is 35.8. The first-order valence-electron chi connectivity index (χ1n) is 19.2. The highest BCUT2D eigenvalue weighted by atomic mass is 32.2. The lowest BCUT2D eigenvalue weighted by Gasteiger charge is -2.30. The number of H-pyrrole nitrogens is 2. The Bertz CT molecular complexity index is 2220. The van der Waals surface area contributed by atoms with E-state index in [2.05, 4.69) is 30.6 Å². The zero-order valence-corrected chi connectivity index (χ0v) is 34.5. The molecule has 4 heterocycles. The molecule has 4 atom stereocenters. The smallest absolute Gasteiger partial charge is 0.407 e. The number of likely N-dealkylation sites (tertiary alicyclic amines) is 1. The van der Waals surface area contributed by atoms with Gasteiger partial charge in [-0.1, -0.05) is 76.2 Å². The Hall–Kier alpha value is -5.75. The fourth-order valence-electron chi connectivity index (χ4n) is 7.38. The van der Waals surface area contributed by atoms with Gasteiger partial charge >= 0.3 is 12.2 Å². The normalized spacial score (nSPS) is 18.4. The summed E-state index contributed by atoms with van der Waals surface area (Å²) >= 11 is 0. The summed E-state index contributed by atoms with van der Waals surface area (Å²) in [6, 6.07) is 13.4. The van der Waals surface area contributed by atoms with Gasteiger partial charge in [-0.15, -0.1) is 0 Å². The number of nitrogens with one attached hydrogen (secondary N) is 4. The molecule has 0 spiro atoms. The molecule has 2 aromatic carbocycles. The van der Waals surface area contributed by atoms with E-state index < -0.39 is 46.2 Å². The van der Waals surface area contributed by atoms with Crippen LogP contribution in [0.1, 0.15) is 64.3 Å². The van der Waals surface area contributed by atoms with E-state index in [-0.39, 0.29) is 37.0 Å². The Morgan fingerprint density at radius 1 is 0.707 bits per heavy atom. The number of ether oxygens (including phenoxy) is 2. The molecule has 2 saturated heterocycles. The number of benzene rings is 2. The molecular formula is C40H51N9O8S. The fraction of sp³-hybridized carbons (Fsp3) is 0.450. The molecule has 2 aromatic heterocycles. The molecule has 4 aromatic rings. The van der Waals surface area contributed by atoms with Gasteiger partial charge in [-0.3, -0.25) is 9.59 Å². The number of imidazole rings is 2. The lowest BCUT2D eigenvalue weighted by atomic mass is 10.0. The highest BCUT2D eigenvalue weighted by molar-refractivity contribution is 7.88. The highest BCUT2D eigenvalue weighted by Gasteiger charge is 2.43. The van der Waals surface area contributed by atoms with Crippen molar-refractivity contribution in [2.45, 2.75) is 64.7 Å². The topological polar surface area (TPSA) is 212 Å². The van der Waals surface area contributed by atoms with Crippen molar-refractivity contribution in [3.05, 3.63) is 72.6 Å². The molecule has 0 saturated carbocycles. The number of rotatable bonds is 12. The molecule has 58 heavy (non-hydrogen) atoms. The first-order chi connectivity index (χ1) is 27.6. The van der Waals surface area contributed by atoms with Crippen molar-refractivity contribution in [2.24, 2.45) is 11.8 Å². The Kier molecular flexibility index (Phi) is 12.6. The molecule has 17 nitrogen and oxygen atoms in total. The summed E-state index contributed by atoms with van der Waals surface area (Å²) in [4.78, 5) is 70.4. The summed E-state index contributed by atoms with van der Waals surface area (Å²) in [5.74, 6) is 0.0757. The van der Waals surface area contributed by atoms with Crippen molar-refractivity contribution in [3.63, 3.8) is 0 Å². The summed E-state index contributed by atoms with van der Waals surface area (Å²) in [7, 11) is -1.16. The van der Waals surface area contributed by atoms with Gasteiger partial charge in [-0.25, -0.2) is 28.0 Å². The van der Waals surface area contributed by atoms with Gasteiger partial charge in [-0.2, -0.15) is 4.31 Å². The first-order valence-corrected chi connectivity index (χ1v) is 21.0. The second kappa shape index (κ2) is 17.4. The second-order valence-electron chi connectivity index (χ2n) is 15.3. The van der Waals surface area contributed by atoms with E-state index in [0.717, 1.165) is 47.0 Å². The average molecular weight is 818 g/mol. The molecule has 4 N–H and O–H groups in total. The molecule has 2 aliphatic heterocycles. The third kappa shape index (κ3) is 9.02.